The Hall–Kier alpha value is -5.20. The Balaban J connectivity index is 2.66. The van der Waals surface area contributed by atoms with Crippen LogP contribution in [0, 0.1) is 5.41 Å². The number of nitrogens with zero attached hydrogens (tertiary/aromatic N) is 3. The average molecular weight is 880 g/mol. The number of carbonyl (C=O) groups is 9. The van der Waals surface area contributed by atoms with Crippen molar-refractivity contribution in [2.45, 2.75) is 97.8 Å². The molecule has 2 heterocycles. The molecule has 1 aromatic heterocycles. The van der Waals surface area contributed by atoms with Crippen molar-refractivity contribution in [1.29, 1.82) is 0 Å². The normalized spacial score (nSPS) is 18.9. The van der Waals surface area contributed by atoms with Crippen LogP contribution in [0.25, 0.3) is 0 Å². The highest BCUT2D eigenvalue weighted by Crippen LogP contribution is 2.48. The fraction of sp³-hybridized carbons (Fsp3) is 0.676. The van der Waals surface area contributed by atoms with Gasteiger partial charge in [0, 0.05) is 19.8 Å². The zero-order valence-corrected chi connectivity index (χ0v) is 35.0. The molecule has 336 valence electrons. The van der Waals surface area contributed by atoms with Crippen LogP contribution in [0.2, 0.25) is 0 Å². The molecular formula is C34H50N5O20P. The third-order valence-corrected chi connectivity index (χ3v) is 9.66. The first-order valence-electron chi connectivity index (χ1n) is 18.3. The van der Waals surface area contributed by atoms with E-state index in [9.17, 15) is 47.7 Å². The van der Waals surface area contributed by atoms with Crippen LogP contribution in [0.4, 0.5) is 0 Å². The number of aromatic nitrogens is 3. The van der Waals surface area contributed by atoms with E-state index in [1.54, 1.807) is 0 Å². The maximum atomic E-state index is 14.6. The standard InChI is InChI=1S/C34H50N5O20P/c1-8-52-32(47)34(33(48)53-9-2,15-51-18-54-22(6)42)16-56-60(49,38-21(5)31(46)50-7)55-14-23-26(58-24(43)12-10-19(3)40)27(59-25(44)13-11-20(4)41)30(57-23)39-17-36-29(37-39)28(35)45/h17,21,23,26-27,30H,8-16,18H2,1-7H3,(H2,35,45)(H,38,49)/t21-,23+,26+,27+,30+,60?/m0/s1. The first-order valence-corrected chi connectivity index (χ1v) is 19.8. The van der Waals surface area contributed by atoms with Crippen LogP contribution in [0.15, 0.2) is 6.33 Å². The topological polar surface area (TPSA) is 332 Å². The summed E-state index contributed by atoms with van der Waals surface area (Å²) < 4.78 is 69.0. The van der Waals surface area contributed by atoms with E-state index in [4.69, 9.17) is 52.7 Å². The summed E-state index contributed by atoms with van der Waals surface area (Å²) in [6, 6.07) is -1.48. The predicted molar refractivity (Wildman–Crippen MR) is 194 cm³/mol. The van der Waals surface area contributed by atoms with E-state index in [-0.39, 0.29) is 37.6 Å². The number of ketones is 2. The fourth-order valence-electron chi connectivity index (χ4n) is 5.00. The van der Waals surface area contributed by atoms with Crippen LogP contribution in [-0.2, 0) is 89.9 Å². The van der Waals surface area contributed by atoms with Gasteiger partial charge in [0.05, 0.1) is 53.0 Å². The summed E-state index contributed by atoms with van der Waals surface area (Å²) in [6.45, 7) is 3.23. The van der Waals surface area contributed by atoms with Gasteiger partial charge < -0.3 is 53.2 Å². The summed E-state index contributed by atoms with van der Waals surface area (Å²) in [4.78, 5) is 116. The molecule has 6 atom stereocenters. The van der Waals surface area contributed by atoms with Crippen molar-refractivity contribution in [3.05, 3.63) is 12.2 Å². The molecule has 1 saturated heterocycles. The van der Waals surface area contributed by atoms with Crippen molar-refractivity contribution in [3.63, 3.8) is 0 Å². The number of nitrogens with two attached hydrogens (primary N) is 1. The van der Waals surface area contributed by atoms with E-state index in [2.05, 4.69) is 15.2 Å². The summed E-state index contributed by atoms with van der Waals surface area (Å²) in [7, 11) is -4.02. The molecule has 1 aliphatic rings. The first kappa shape index (κ1) is 50.9. The number of amides is 1. The number of carbonyl (C=O) groups excluding carboxylic acids is 9. The minimum atomic E-state index is -5.03. The third kappa shape index (κ3) is 15.4. The highest BCUT2D eigenvalue weighted by molar-refractivity contribution is 7.51. The van der Waals surface area contributed by atoms with E-state index in [0.717, 1.165) is 25.0 Å². The first-order chi connectivity index (χ1) is 28.2. The molecule has 1 fully saturated rings. The number of hydrogen-bond donors (Lipinski definition) is 2. The molecule has 60 heavy (non-hydrogen) atoms. The van der Waals surface area contributed by atoms with Crippen LogP contribution in [-0.4, -0.2) is 139 Å². The number of primary amides is 1. The van der Waals surface area contributed by atoms with E-state index in [1.165, 1.54) is 34.6 Å². The SMILES string of the molecule is CCOC(=O)C(COCOC(C)=O)(COP(=O)(N[C@@H](C)C(=O)OC)OC[C@H]1O[C@@H](n2cnc(C(N)=O)n2)[C@H](OC(=O)CCC(C)=O)[C@@H]1OC(=O)CCC(C)=O)C(=O)OCC. The third-order valence-electron chi connectivity index (χ3n) is 8.00. The lowest BCUT2D eigenvalue weighted by Gasteiger charge is -2.31. The van der Waals surface area contributed by atoms with Crippen molar-refractivity contribution >= 4 is 61.0 Å². The minimum absolute atomic E-state index is 0.236. The van der Waals surface area contributed by atoms with Gasteiger partial charge in [-0.25, -0.2) is 19.3 Å². The quantitative estimate of drug-likeness (QED) is 0.0288. The number of hydrogen-bond acceptors (Lipinski definition) is 22. The lowest BCUT2D eigenvalue weighted by atomic mass is 9.90. The monoisotopic (exact) mass is 879 g/mol. The molecule has 1 unspecified atom stereocenters. The van der Waals surface area contributed by atoms with E-state index < -0.39 is 131 Å². The Morgan fingerprint density at radius 2 is 1.43 bits per heavy atom. The molecule has 1 amide bonds. The lowest BCUT2D eigenvalue weighted by molar-refractivity contribution is -0.185. The van der Waals surface area contributed by atoms with Gasteiger partial charge >= 0.3 is 43.6 Å². The summed E-state index contributed by atoms with van der Waals surface area (Å²) in [5, 5.41) is 6.24. The molecule has 2 rings (SSSR count). The summed E-state index contributed by atoms with van der Waals surface area (Å²) in [5.41, 5.74) is 2.75. The molecule has 1 aromatic rings. The van der Waals surface area contributed by atoms with Gasteiger partial charge in [-0.15, -0.1) is 5.10 Å². The van der Waals surface area contributed by atoms with Crippen molar-refractivity contribution in [1.82, 2.24) is 19.9 Å². The number of rotatable bonds is 27. The van der Waals surface area contributed by atoms with Crippen LogP contribution in [0.3, 0.4) is 0 Å². The van der Waals surface area contributed by atoms with Gasteiger partial charge in [0.15, 0.2) is 25.2 Å². The summed E-state index contributed by atoms with van der Waals surface area (Å²) in [5.74, 6) is -8.58. The molecule has 0 aliphatic carbocycles. The van der Waals surface area contributed by atoms with E-state index in [0.29, 0.717) is 0 Å². The van der Waals surface area contributed by atoms with Crippen LogP contribution < -0.4 is 10.8 Å². The predicted octanol–water partition coefficient (Wildman–Crippen LogP) is -0.221. The van der Waals surface area contributed by atoms with Gasteiger partial charge in [0.1, 0.15) is 30.0 Å². The molecule has 0 saturated carbocycles. The largest absolute Gasteiger partial charge is 0.468 e. The van der Waals surface area contributed by atoms with Crippen molar-refractivity contribution in [2.75, 3.05) is 46.9 Å². The molecular weight excluding hydrogens is 829 g/mol. The Labute approximate surface area is 343 Å². The van der Waals surface area contributed by atoms with Gasteiger partial charge in [-0.3, -0.25) is 42.6 Å². The molecule has 3 N–H and O–H groups in total. The Bertz CT molecular complexity index is 1750. The second-order valence-electron chi connectivity index (χ2n) is 12.9. The zero-order valence-electron chi connectivity index (χ0n) is 34.1. The molecule has 0 bridgehead atoms. The van der Waals surface area contributed by atoms with Crippen LogP contribution in [0.5, 0.6) is 0 Å². The molecule has 0 aromatic carbocycles. The maximum absolute atomic E-state index is 14.6. The average Bonchev–Trinajstić information content (AvgIpc) is 3.80. The smallest absolute Gasteiger partial charge is 0.406 e. The van der Waals surface area contributed by atoms with E-state index >= 15 is 0 Å². The van der Waals surface area contributed by atoms with Gasteiger partial charge in [-0.05, 0) is 34.6 Å². The fourth-order valence-corrected chi connectivity index (χ4v) is 6.53. The van der Waals surface area contributed by atoms with E-state index in [1.807, 2.05) is 0 Å². The number of methoxy groups -OCH3 is 1. The van der Waals surface area contributed by atoms with Crippen molar-refractivity contribution < 1.29 is 94.7 Å². The molecule has 0 spiro atoms. The van der Waals surface area contributed by atoms with Crippen LogP contribution >= 0.6 is 7.75 Å². The summed E-state index contributed by atoms with van der Waals surface area (Å²) in [6.07, 6.45) is -6.93. The Morgan fingerprint density at radius 3 is 1.92 bits per heavy atom. The number of esters is 6. The molecule has 0 radical (unpaired) electrons. The van der Waals surface area contributed by atoms with Gasteiger partial charge in [-0.1, -0.05) is 0 Å². The lowest BCUT2D eigenvalue weighted by Crippen LogP contribution is -2.50. The highest BCUT2D eigenvalue weighted by atomic mass is 31.2. The van der Waals surface area contributed by atoms with Crippen molar-refractivity contribution in [2.24, 2.45) is 11.1 Å². The Kier molecular flexibility index (Phi) is 20.5. The maximum Gasteiger partial charge on any atom is 0.406 e. The number of ether oxygens (including phenoxy) is 8. The number of nitrogens with one attached hydrogen (secondary N) is 1. The zero-order chi connectivity index (χ0) is 45.2. The molecule has 26 heteroatoms. The second-order valence-corrected chi connectivity index (χ2v) is 14.6. The Morgan fingerprint density at radius 1 is 0.867 bits per heavy atom. The molecule has 1 aliphatic heterocycles. The molecule has 25 nitrogen and oxygen atoms in total. The van der Waals surface area contributed by atoms with Crippen molar-refractivity contribution in [3.8, 4) is 0 Å². The van der Waals surface area contributed by atoms with Gasteiger partial charge in [0.2, 0.25) is 11.2 Å². The van der Waals surface area contributed by atoms with Crippen LogP contribution in [0.1, 0.15) is 84.1 Å². The minimum Gasteiger partial charge on any atom is -0.468 e. The number of Topliss-reactive ketones (excluding diaryl/α,β-unsaturated/α-hetero) is 2. The second kappa shape index (κ2) is 24.2. The van der Waals surface area contributed by atoms with Gasteiger partial charge in [-0.2, -0.15) is 0 Å². The highest BCUT2D eigenvalue weighted by Gasteiger charge is 2.54. The summed E-state index contributed by atoms with van der Waals surface area (Å²) >= 11 is 0. The van der Waals surface area contributed by atoms with Gasteiger partial charge in [0.25, 0.3) is 5.91 Å².